The Morgan fingerprint density at radius 2 is 1.76 bits per heavy atom. The number of carbonyl (C=O) groups is 1. The molecular weight excluding hydrogens is 396 g/mol. The zero-order chi connectivity index (χ0) is 21.0. The van der Waals surface area contributed by atoms with Gasteiger partial charge in [-0.2, -0.15) is 0 Å². The standard InChI is InChI=1S/C19H16N4O5S/c1-13-16(5-4-6-17(13)23(25)26)19(24)21-14-8-10-15(11-9-14)29(27,28)22-18-7-2-3-12-20-18/h2-12H,1H3,(H,20,22)(H,21,24). The third-order valence-corrected chi connectivity index (χ3v) is 5.44. The minimum atomic E-state index is -3.83. The van der Waals surface area contributed by atoms with E-state index in [1.54, 1.807) is 12.1 Å². The molecule has 0 unspecified atom stereocenters. The molecule has 0 aliphatic heterocycles. The topological polar surface area (TPSA) is 131 Å². The maximum atomic E-state index is 12.5. The summed E-state index contributed by atoms with van der Waals surface area (Å²) in [5, 5.41) is 13.6. The lowest BCUT2D eigenvalue weighted by molar-refractivity contribution is -0.385. The highest BCUT2D eigenvalue weighted by molar-refractivity contribution is 7.92. The van der Waals surface area contributed by atoms with Gasteiger partial charge >= 0.3 is 0 Å². The Hall–Kier alpha value is -3.79. The van der Waals surface area contributed by atoms with Crippen molar-refractivity contribution in [1.82, 2.24) is 4.98 Å². The molecule has 148 valence electrons. The lowest BCUT2D eigenvalue weighted by Crippen LogP contribution is -2.15. The van der Waals surface area contributed by atoms with Gasteiger partial charge in [-0.15, -0.1) is 0 Å². The molecule has 0 radical (unpaired) electrons. The van der Waals surface area contributed by atoms with Crippen molar-refractivity contribution in [2.45, 2.75) is 11.8 Å². The fourth-order valence-corrected chi connectivity index (χ4v) is 3.61. The van der Waals surface area contributed by atoms with E-state index in [2.05, 4.69) is 15.0 Å². The molecule has 0 saturated carbocycles. The molecule has 2 aromatic carbocycles. The number of nitrogens with one attached hydrogen (secondary N) is 2. The average molecular weight is 412 g/mol. The molecule has 29 heavy (non-hydrogen) atoms. The Labute approximate surface area is 166 Å². The van der Waals surface area contributed by atoms with Gasteiger partial charge in [-0.25, -0.2) is 13.4 Å². The highest BCUT2D eigenvalue weighted by Crippen LogP contribution is 2.23. The second-order valence-electron chi connectivity index (χ2n) is 6.01. The molecule has 0 atom stereocenters. The third-order valence-electron chi connectivity index (χ3n) is 4.07. The number of nitro benzene ring substituents is 1. The summed E-state index contributed by atoms with van der Waals surface area (Å²) in [5.74, 6) is -0.348. The van der Waals surface area contributed by atoms with Crippen LogP contribution in [-0.2, 0) is 10.0 Å². The molecule has 9 nitrogen and oxygen atoms in total. The first kappa shape index (κ1) is 20.0. The Morgan fingerprint density at radius 1 is 1.03 bits per heavy atom. The summed E-state index contributed by atoms with van der Waals surface area (Å²) >= 11 is 0. The maximum Gasteiger partial charge on any atom is 0.273 e. The van der Waals surface area contributed by atoms with E-state index < -0.39 is 20.9 Å². The second-order valence-corrected chi connectivity index (χ2v) is 7.69. The van der Waals surface area contributed by atoms with Crippen molar-refractivity contribution in [3.8, 4) is 0 Å². The normalized spacial score (nSPS) is 10.9. The monoisotopic (exact) mass is 412 g/mol. The van der Waals surface area contributed by atoms with Crippen molar-refractivity contribution in [3.05, 3.63) is 88.1 Å². The number of hydrogen-bond acceptors (Lipinski definition) is 6. The van der Waals surface area contributed by atoms with Gasteiger partial charge in [-0.05, 0) is 49.4 Å². The number of hydrogen-bond donors (Lipinski definition) is 2. The van der Waals surface area contributed by atoms with Crippen molar-refractivity contribution in [2.24, 2.45) is 0 Å². The predicted octanol–water partition coefficient (Wildman–Crippen LogP) is 3.35. The number of nitro groups is 1. The van der Waals surface area contributed by atoms with Crippen LogP contribution in [0.5, 0.6) is 0 Å². The van der Waals surface area contributed by atoms with E-state index in [1.807, 2.05) is 0 Å². The number of pyridine rings is 1. The zero-order valence-electron chi connectivity index (χ0n) is 15.2. The van der Waals surface area contributed by atoms with Crippen LogP contribution in [0.4, 0.5) is 17.2 Å². The smallest absolute Gasteiger partial charge is 0.273 e. The molecule has 1 aromatic heterocycles. The molecule has 1 amide bonds. The van der Waals surface area contributed by atoms with Crippen LogP contribution in [0, 0.1) is 17.0 Å². The van der Waals surface area contributed by atoms with E-state index in [1.165, 1.54) is 61.7 Å². The van der Waals surface area contributed by atoms with Gasteiger partial charge in [0, 0.05) is 29.1 Å². The number of benzene rings is 2. The van der Waals surface area contributed by atoms with Crippen LogP contribution in [0.25, 0.3) is 0 Å². The lowest BCUT2D eigenvalue weighted by Gasteiger charge is -2.10. The molecule has 3 rings (SSSR count). The van der Waals surface area contributed by atoms with Crippen LogP contribution < -0.4 is 10.0 Å². The quantitative estimate of drug-likeness (QED) is 0.471. The summed E-state index contributed by atoms with van der Waals surface area (Å²) in [4.78, 5) is 26.8. The molecule has 0 spiro atoms. The molecule has 3 aromatic rings. The van der Waals surface area contributed by atoms with E-state index in [4.69, 9.17) is 0 Å². The summed E-state index contributed by atoms with van der Waals surface area (Å²) in [7, 11) is -3.83. The SMILES string of the molecule is Cc1c(C(=O)Nc2ccc(S(=O)(=O)Nc3ccccn3)cc2)cccc1[N+](=O)[O-]. The van der Waals surface area contributed by atoms with Gasteiger partial charge in [-0.3, -0.25) is 19.6 Å². The Balaban J connectivity index is 1.76. The van der Waals surface area contributed by atoms with Gasteiger partial charge in [0.05, 0.1) is 9.82 Å². The fourth-order valence-electron chi connectivity index (χ4n) is 2.60. The van der Waals surface area contributed by atoms with Gasteiger partial charge in [-0.1, -0.05) is 12.1 Å². The summed E-state index contributed by atoms with van der Waals surface area (Å²) in [6.45, 7) is 1.49. The number of anilines is 2. The highest BCUT2D eigenvalue weighted by atomic mass is 32.2. The molecule has 2 N–H and O–H groups in total. The highest BCUT2D eigenvalue weighted by Gasteiger charge is 2.19. The molecule has 10 heteroatoms. The molecule has 0 aliphatic carbocycles. The predicted molar refractivity (Wildman–Crippen MR) is 107 cm³/mol. The Bertz CT molecular complexity index is 1160. The fraction of sp³-hybridized carbons (Fsp3) is 0.0526. The number of carbonyl (C=O) groups excluding carboxylic acids is 1. The molecular formula is C19H16N4O5S. The van der Waals surface area contributed by atoms with Crippen LogP contribution in [0.2, 0.25) is 0 Å². The summed E-state index contributed by atoms with van der Waals surface area (Å²) < 4.78 is 27.2. The van der Waals surface area contributed by atoms with Crippen LogP contribution >= 0.6 is 0 Å². The van der Waals surface area contributed by atoms with Crippen LogP contribution in [-0.4, -0.2) is 24.2 Å². The molecule has 1 heterocycles. The van der Waals surface area contributed by atoms with Gasteiger partial charge in [0.25, 0.3) is 21.6 Å². The van der Waals surface area contributed by atoms with E-state index in [-0.39, 0.29) is 27.5 Å². The van der Waals surface area contributed by atoms with Crippen molar-refractivity contribution in [1.29, 1.82) is 0 Å². The first-order valence-electron chi connectivity index (χ1n) is 8.37. The van der Waals surface area contributed by atoms with E-state index in [9.17, 15) is 23.3 Å². The summed E-state index contributed by atoms with van der Waals surface area (Å²) in [5.41, 5.74) is 0.596. The Kier molecular flexibility index (Phi) is 5.55. The van der Waals surface area contributed by atoms with Gasteiger partial charge in [0.15, 0.2) is 0 Å². The van der Waals surface area contributed by atoms with Crippen molar-refractivity contribution in [3.63, 3.8) is 0 Å². The van der Waals surface area contributed by atoms with Crippen LogP contribution in [0.15, 0.2) is 71.8 Å². The largest absolute Gasteiger partial charge is 0.322 e. The van der Waals surface area contributed by atoms with Crippen LogP contribution in [0.3, 0.4) is 0 Å². The first-order chi connectivity index (χ1) is 13.8. The average Bonchev–Trinajstić information content (AvgIpc) is 2.68. The minimum absolute atomic E-state index is 0.00678. The first-order valence-corrected chi connectivity index (χ1v) is 9.85. The number of nitrogens with zero attached hydrogens (tertiary/aromatic N) is 2. The Morgan fingerprint density at radius 3 is 2.38 bits per heavy atom. The third kappa shape index (κ3) is 4.55. The van der Waals surface area contributed by atoms with Gasteiger partial charge in [0.1, 0.15) is 5.82 Å². The van der Waals surface area contributed by atoms with E-state index in [0.29, 0.717) is 5.69 Å². The number of amides is 1. The molecule has 0 bridgehead atoms. The molecule has 0 fully saturated rings. The molecule has 0 aliphatic rings. The summed E-state index contributed by atoms with van der Waals surface area (Å²) in [6.07, 6.45) is 1.46. The van der Waals surface area contributed by atoms with Crippen molar-refractivity contribution in [2.75, 3.05) is 10.0 Å². The van der Waals surface area contributed by atoms with E-state index >= 15 is 0 Å². The second kappa shape index (κ2) is 8.07. The van der Waals surface area contributed by atoms with Crippen LogP contribution in [0.1, 0.15) is 15.9 Å². The zero-order valence-corrected chi connectivity index (χ0v) is 16.0. The number of rotatable bonds is 6. The van der Waals surface area contributed by atoms with Gasteiger partial charge < -0.3 is 5.32 Å². The number of sulfonamides is 1. The lowest BCUT2D eigenvalue weighted by atomic mass is 10.1. The van der Waals surface area contributed by atoms with Gasteiger partial charge in [0.2, 0.25) is 0 Å². The maximum absolute atomic E-state index is 12.5. The van der Waals surface area contributed by atoms with Crippen molar-refractivity contribution >= 4 is 33.1 Å². The minimum Gasteiger partial charge on any atom is -0.322 e. The van der Waals surface area contributed by atoms with Crippen molar-refractivity contribution < 1.29 is 18.1 Å². The summed E-state index contributed by atoms with van der Waals surface area (Å²) in [6, 6.07) is 14.6. The number of aromatic nitrogens is 1. The molecule has 0 saturated heterocycles. The van der Waals surface area contributed by atoms with E-state index in [0.717, 1.165) is 0 Å².